The number of nitro groups is 1. The van der Waals surface area contributed by atoms with Crippen molar-refractivity contribution in [3.63, 3.8) is 0 Å². The number of aromatic nitrogens is 2. The predicted octanol–water partition coefficient (Wildman–Crippen LogP) is 5.78. The smallest absolute Gasteiger partial charge is 0.416 e. The van der Waals surface area contributed by atoms with Gasteiger partial charge in [-0.05, 0) is 37.5 Å². The summed E-state index contributed by atoms with van der Waals surface area (Å²) < 4.78 is 57.4. The van der Waals surface area contributed by atoms with E-state index in [-0.39, 0.29) is 17.6 Å². The lowest BCUT2D eigenvalue weighted by Crippen LogP contribution is -2.16. The first-order valence-corrected chi connectivity index (χ1v) is 11.9. The number of non-ortho nitro benzene ring substituents is 1. The van der Waals surface area contributed by atoms with E-state index in [4.69, 9.17) is 19.2 Å². The molecule has 0 bridgehead atoms. The summed E-state index contributed by atoms with van der Waals surface area (Å²) in [7, 11) is 1.53. The van der Waals surface area contributed by atoms with Crippen LogP contribution in [0.1, 0.15) is 55.1 Å². The number of hydrogen-bond donors (Lipinski definition) is 1. The Bertz CT molecular complexity index is 1340. The molecule has 2 atom stereocenters. The molecular formula is C25H25F3N4O5. The molecule has 1 aliphatic carbocycles. The number of nitrogens with zero attached hydrogens (tertiary/aromatic N) is 3. The van der Waals surface area contributed by atoms with E-state index < -0.39 is 28.4 Å². The normalized spacial score (nSPS) is 18.6. The molecule has 0 amide bonds. The Morgan fingerprint density at radius 3 is 2.54 bits per heavy atom. The largest absolute Gasteiger partial charge is 0.493 e. The van der Waals surface area contributed by atoms with Crippen LogP contribution in [-0.2, 0) is 10.9 Å². The summed E-state index contributed by atoms with van der Waals surface area (Å²) in [5.41, 5.74) is -1.03. The van der Waals surface area contributed by atoms with Crippen molar-refractivity contribution < 1.29 is 32.3 Å². The minimum absolute atomic E-state index is 0.106. The van der Waals surface area contributed by atoms with Crippen LogP contribution in [-0.4, -0.2) is 41.3 Å². The van der Waals surface area contributed by atoms with Gasteiger partial charge in [0.1, 0.15) is 17.7 Å². The Morgan fingerprint density at radius 1 is 1.14 bits per heavy atom. The van der Waals surface area contributed by atoms with Crippen LogP contribution in [0.4, 0.5) is 24.7 Å². The Labute approximate surface area is 210 Å². The fraction of sp³-hybridized carbons (Fsp3) is 0.440. The molecule has 2 heterocycles. The Morgan fingerprint density at radius 2 is 1.92 bits per heavy atom. The number of alkyl halides is 3. The summed E-state index contributed by atoms with van der Waals surface area (Å²) in [5.74, 6) is 2.19. The van der Waals surface area contributed by atoms with E-state index in [9.17, 15) is 23.3 Å². The van der Waals surface area contributed by atoms with Crippen LogP contribution < -0.4 is 14.8 Å². The molecule has 1 N–H and O–H groups in total. The third kappa shape index (κ3) is 5.38. The highest BCUT2D eigenvalue weighted by Gasteiger charge is 2.34. The average Bonchev–Trinajstić information content (AvgIpc) is 3.59. The van der Waals surface area contributed by atoms with E-state index in [1.54, 1.807) is 19.1 Å². The minimum Gasteiger partial charge on any atom is -0.493 e. The standard InChI is InChI=1S/C25H25F3N4O5/c1-13(15-7-16(25(26,27)28)9-17(8-15)32(33)34)29-24-19-10-22(37-18-5-6-36-12-18)21(35-2)11-20(19)30-23(31-24)14-3-4-14/h7-11,13-14,18H,3-6,12H2,1-2H3,(H,29,30,31)/t13-,18+/m1/s1. The molecule has 2 fully saturated rings. The van der Waals surface area contributed by atoms with Gasteiger partial charge >= 0.3 is 6.18 Å². The molecule has 9 nitrogen and oxygen atoms in total. The van der Waals surface area contributed by atoms with Gasteiger partial charge in [-0.1, -0.05) is 0 Å². The maximum atomic E-state index is 13.4. The molecule has 0 unspecified atom stereocenters. The number of ether oxygens (including phenoxy) is 3. The van der Waals surface area contributed by atoms with Gasteiger partial charge < -0.3 is 19.5 Å². The van der Waals surface area contributed by atoms with Crippen LogP contribution in [0.3, 0.4) is 0 Å². The molecule has 1 saturated carbocycles. The second-order valence-corrected chi connectivity index (χ2v) is 9.26. The number of benzene rings is 2. The summed E-state index contributed by atoms with van der Waals surface area (Å²) in [6.07, 6.45) is -2.25. The quantitative estimate of drug-likeness (QED) is 0.295. The summed E-state index contributed by atoms with van der Waals surface area (Å²) in [4.78, 5) is 19.9. The van der Waals surface area contributed by atoms with Crippen molar-refractivity contribution in [1.29, 1.82) is 0 Å². The molecule has 12 heteroatoms. The highest BCUT2D eigenvalue weighted by atomic mass is 19.4. The fourth-order valence-corrected chi connectivity index (χ4v) is 4.27. The average molecular weight is 518 g/mol. The van der Waals surface area contributed by atoms with Gasteiger partial charge in [0.2, 0.25) is 0 Å². The molecule has 196 valence electrons. The van der Waals surface area contributed by atoms with E-state index in [1.807, 2.05) is 0 Å². The molecule has 0 spiro atoms. The number of nitro benzene ring substituents is 1. The maximum absolute atomic E-state index is 13.4. The van der Waals surface area contributed by atoms with Gasteiger partial charge in [-0.25, -0.2) is 9.97 Å². The lowest BCUT2D eigenvalue weighted by Gasteiger charge is -2.20. The zero-order valence-electron chi connectivity index (χ0n) is 20.2. The molecule has 5 rings (SSSR count). The van der Waals surface area contributed by atoms with Crippen LogP contribution in [0, 0.1) is 10.1 Å². The van der Waals surface area contributed by atoms with Crippen LogP contribution in [0.5, 0.6) is 11.5 Å². The first-order chi connectivity index (χ1) is 17.6. The van der Waals surface area contributed by atoms with Crippen molar-refractivity contribution in [1.82, 2.24) is 9.97 Å². The van der Waals surface area contributed by atoms with E-state index in [2.05, 4.69) is 10.3 Å². The zero-order chi connectivity index (χ0) is 26.3. The third-order valence-corrected chi connectivity index (χ3v) is 6.45. The summed E-state index contributed by atoms with van der Waals surface area (Å²) in [5, 5.41) is 15.1. The third-order valence-electron chi connectivity index (χ3n) is 6.45. The lowest BCUT2D eigenvalue weighted by atomic mass is 10.0. The van der Waals surface area contributed by atoms with Crippen molar-refractivity contribution in [3.05, 3.63) is 57.4 Å². The molecule has 1 aromatic heterocycles. The second kappa shape index (κ2) is 9.66. The Hall–Kier alpha value is -3.67. The fourth-order valence-electron chi connectivity index (χ4n) is 4.27. The Kier molecular flexibility index (Phi) is 6.52. The van der Waals surface area contributed by atoms with Crippen molar-refractivity contribution in [3.8, 4) is 11.5 Å². The van der Waals surface area contributed by atoms with E-state index >= 15 is 0 Å². The van der Waals surface area contributed by atoms with Gasteiger partial charge in [0, 0.05) is 35.9 Å². The molecule has 0 radical (unpaired) electrons. The van der Waals surface area contributed by atoms with E-state index in [0.717, 1.165) is 31.4 Å². The Balaban J connectivity index is 1.56. The number of anilines is 1. The van der Waals surface area contributed by atoms with Gasteiger partial charge in [-0.3, -0.25) is 10.1 Å². The first kappa shape index (κ1) is 25.0. The molecule has 1 saturated heterocycles. The highest BCUT2D eigenvalue weighted by molar-refractivity contribution is 5.92. The number of methoxy groups -OCH3 is 1. The second-order valence-electron chi connectivity index (χ2n) is 9.26. The summed E-state index contributed by atoms with van der Waals surface area (Å²) in [6.45, 7) is 2.68. The zero-order valence-corrected chi connectivity index (χ0v) is 20.2. The molecule has 1 aliphatic heterocycles. The number of nitrogens with one attached hydrogen (secondary N) is 1. The molecule has 37 heavy (non-hydrogen) atoms. The van der Waals surface area contributed by atoms with E-state index in [0.29, 0.717) is 53.3 Å². The molecule has 2 aromatic carbocycles. The topological polar surface area (TPSA) is 109 Å². The molecular weight excluding hydrogens is 493 g/mol. The SMILES string of the molecule is COc1cc2nc(C3CC3)nc(N[C@H](C)c3cc([N+](=O)[O-])cc(C(F)(F)F)c3)c2cc1O[C@H]1CCOC1. The molecule has 3 aromatic rings. The summed E-state index contributed by atoms with van der Waals surface area (Å²) >= 11 is 0. The van der Waals surface area contributed by atoms with E-state index in [1.165, 1.54) is 7.11 Å². The monoisotopic (exact) mass is 518 g/mol. The maximum Gasteiger partial charge on any atom is 0.416 e. The first-order valence-electron chi connectivity index (χ1n) is 11.9. The van der Waals surface area contributed by atoms with Crippen molar-refractivity contribution in [2.24, 2.45) is 0 Å². The van der Waals surface area contributed by atoms with Gasteiger partial charge in [0.25, 0.3) is 5.69 Å². The number of fused-ring (bicyclic) bond motifs is 1. The molecule has 2 aliphatic rings. The van der Waals surface area contributed by atoms with Crippen LogP contribution in [0.25, 0.3) is 10.9 Å². The van der Waals surface area contributed by atoms with Gasteiger partial charge in [-0.2, -0.15) is 13.2 Å². The predicted molar refractivity (Wildman–Crippen MR) is 128 cm³/mol. The van der Waals surface area contributed by atoms with Crippen LogP contribution in [0.15, 0.2) is 30.3 Å². The minimum atomic E-state index is -4.73. The van der Waals surface area contributed by atoms with Gasteiger partial charge in [-0.15, -0.1) is 0 Å². The lowest BCUT2D eigenvalue weighted by molar-refractivity contribution is -0.385. The summed E-state index contributed by atoms with van der Waals surface area (Å²) in [6, 6.07) is 5.33. The van der Waals surface area contributed by atoms with Crippen LogP contribution in [0.2, 0.25) is 0 Å². The van der Waals surface area contributed by atoms with Crippen molar-refractivity contribution in [2.75, 3.05) is 25.6 Å². The van der Waals surface area contributed by atoms with Gasteiger partial charge in [0.15, 0.2) is 11.5 Å². The number of halogens is 3. The van der Waals surface area contributed by atoms with Crippen molar-refractivity contribution in [2.45, 2.75) is 50.4 Å². The number of hydrogen-bond acceptors (Lipinski definition) is 8. The van der Waals surface area contributed by atoms with Gasteiger partial charge in [0.05, 0.1) is 42.4 Å². The highest BCUT2D eigenvalue weighted by Crippen LogP contribution is 2.42. The van der Waals surface area contributed by atoms with Crippen molar-refractivity contribution >= 4 is 22.4 Å². The van der Waals surface area contributed by atoms with Crippen LogP contribution >= 0.6 is 0 Å². The number of rotatable bonds is 8.